The Bertz CT molecular complexity index is 167. The molecule has 0 nitrogen and oxygen atoms in total. The molecule has 10 heavy (non-hydrogen) atoms. The van der Waals surface area contributed by atoms with Crippen LogP contribution in [0.5, 0.6) is 0 Å². The van der Waals surface area contributed by atoms with Crippen LogP contribution in [0, 0.1) is 17.3 Å². The Balaban J connectivity index is 2.24. The largest absolute Gasteiger partial charge is 0.0848 e. The quantitative estimate of drug-likeness (QED) is 0.486. The molecule has 0 heterocycles. The van der Waals surface area contributed by atoms with E-state index in [0.29, 0.717) is 5.41 Å². The van der Waals surface area contributed by atoms with E-state index in [4.69, 9.17) is 0 Å². The molecule has 0 amide bonds. The van der Waals surface area contributed by atoms with Gasteiger partial charge in [-0.15, -0.1) is 0 Å². The lowest BCUT2D eigenvalue weighted by atomic mass is 9.77. The third-order valence-electron chi connectivity index (χ3n) is 3.47. The summed E-state index contributed by atoms with van der Waals surface area (Å²) in [7, 11) is 0. The maximum absolute atomic E-state index is 2.48. The van der Waals surface area contributed by atoms with Crippen LogP contribution in [0.3, 0.4) is 0 Å². The van der Waals surface area contributed by atoms with Crippen molar-refractivity contribution in [3.8, 4) is 0 Å². The highest BCUT2D eigenvalue weighted by atomic mass is 14.5. The lowest BCUT2D eigenvalue weighted by molar-refractivity contribution is 0.280. The van der Waals surface area contributed by atoms with E-state index in [-0.39, 0.29) is 0 Å². The van der Waals surface area contributed by atoms with Gasteiger partial charge in [0.05, 0.1) is 0 Å². The highest BCUT2D eigenvalue weighted by molar-refractivity contribution is 5.16. The number of fused-ring (bicyclic) bond motifs is 2. The topological polar surface area (TPSA) is 0 Å². The molecule has 2 aliphatic rings. The number of hydrogen-bond acceptors (Lipinski definition) is 0. The molecule has 0 aromatic carbocycles. The molecule has 0 spiro atoms. The third kappa shape index (κ3) is 0.680. The van der Waals surface area contributed by atoms with Gasteiger partial charge in [0.2, 0.25) is 0 Å². The first-order valence-corrected chi connectivity index (χ1v) is 4.42. The Labute approximate surface area is 63.3 Å². The average Bonchev–Trinajstić information content (AvgIpc) is 2.45. The van der Waals surface area contributed by atoms with Crippen LogP contribution in [0.4, 0.5) is 0 Å². The first-order valence-electron chi connectivity index (χ1n) is 4.42. The summed E-state index contributed by atoms with van der Waals surface area (Å²) >= 11 is 0. The molecule has 0 saturated heterocycles. The zero-order valence-electron chi connectivity index (χ0n) is 6.93. The van der Waals surface area contributed by atoms with Gasteiger partial charge in [0.25, 0.3) is 0 Å². The summed E-state index contributed by atoms with van der Waals surface area (Å²) in [4.78, 5) is 0. The van der Waals surface area contributed by atoms with Crippen molar-refractivity contribution < 1.29 is 0 Å². The average molecular weight is 136 g/mol. The fourth-order valence-electron chi connectivity index (χ4n) is 2.51. The monoisotopic (exact) mass is 136 g/mol. The van der Waals surface area contributed by atoms with Crippen molar-refractivity contribution in [2.45, 2.75) is 33.1 Å². The van der Waals surface area contributed by atoms with Gasteiger partial charge in [-0.2, -0.15) is 0 Å². The number of rotatable bonds is 1. The van der Waals surface area contributed by atoms with E-state index in [0.717, 1.165) is 11.8 Å². The molecule has 1 fully saturated rings. The molecule has 0 heteroatoms. The van der Waals surface area contributed by atoms with Gasteiger partial charge in [0, 0.05) is 0 Å². The molecule has 2 bridgehead atoms. The summed E-state index contributed by atoms with van der Waals surface area (Å²) < 4.78 is 0. The second kappa shape index (κ2) is 1.87. The Kier molecular flexibility index (Phi) is 1.21. The van der Waals surface area contributed by atoms with E-state index < -0.39 is 0 Å². The van der Waals surface area contributed by atoms with Crippen molar-refractivity contribution in [2.75, 3.05) is 0 Å². The van der Waals surface area contributed by atoms with Gasteiger partial charge in [-0.1, -0.05) is 26.0 Å². The Morgan fingerprint density at radius 1 is 1.50 bits per heavy atom. The van der Waals surface area contributed by atoms with Crippen LogP contribution in [0.1, 0.15) is 33.1 Å². The maximum atomic E-state index is 2.48. The Hall–Kier alpha value is -0.260. The van der Waals surface area contributed by atoms with Gasteiger partial charge in [-0.3, -0.25) is 0 Å². The van der Waals surface area contributed by atoms with Crippen LogP contribution in [0.25, 0.3) is 0 Å². The number of hydrogen-bond donors (Lipinski definition) is 0. The summed E-state index contributed by atoms with van der Waals surface area (Å²) in [6, 6.07) is 0. The highest BCUT2D eigenvalue weighted by Gasteiger charge is 2.42. The van der Waals surface area contributed by atoms with E-state index in [1.165, 1.54) is 19.3 Å². The van der Waals surface area contributed by atoms with Crippen LogP contribution in [-0.2, 0) is 0 Å². The molecule has 0 aromatic rings. The molecule has 0 aromatic heterocycles. The van der Waals surface area contributed by atoms with E-state index >= 15 is 0 Å². The normalized spacial score (nSPS) is 43.7. The minimum Gasteiger partial charge on any atom is -0.0848 e. The number of allylic oxidation sites excluding steroid dienone is 2. The van der Waals surface area contributed by atoms with Crippen LogP contribution < -0.4 is 0 Å². The molecular weight excluding hydrogens is 120 g/mol. The molecule has 2 atom stereocenters. The summed E-state index contributed by atoms with van der Waals surface area (Å²) in [5.41, 5.74) is 0.630. The molecule has 0 aliphatic heterocycles. The van der Waals surface area contributed by atoms with Gasteiger partial charge in [0.15, 0.2) is 0 Å². The van der Waals surface area contributed by atoms with Crippen LogP contribution >= 0.6 is 0 Å². The van der Waals surface area contributed by atoms with E-state index in [9.17, 15) is 0 Å². The van der Waals surface area contributed by atoms with Crippen molar-refractivity contribution in [2.24, 2.45) is 17.3 Å². The Morgan fingerprint density at radius 3 is 2.50 bits per heavy atom. The molecule has 0 radical (unpaired) electrons. The zero-order chi connectivity index (χ0) is 7.19. The van der Waals surface area contributed by atoms with Crippen molar-refractivity contribution in [1.29, 1.82) is 0 Å². The molecule has 0 N–H and O–H groups in total. The van der Waals surface area contributed by atoms with Crippen LogP contribution in [-0.4, -0.2) is 0 Å². The standard InChI is InChI=1S/C10H16/c1-8(2)10-5-3-9(7-10)4-6-10/h3,5,8-9H,4,6-7H2,1-2H3. The zero-order valence-corrected chi connectivity index (χ0v) is 6.93. The molecule has 2 aliphatic carbocycles. The van der Waals surface area contributed by atoms with Crippen molar-refractivity contribution in [3.63, 3.8) is 0 Å². The third-order valence-corrected chi connectivity index (χ3v) is 3.47. The SMILES string of the molecule is CC(C)C12C=CC(CC1)C2. The summed E-state index contributed by atoms with van der Waals surface area (Å²) in [5, 5.41) is 0. The fourth-order valence-corrected chi connectivity index (χ4v) is 2.51. The van der Waals surface area contributed by atoms with Gasteiger partial charge in [0.1, 0.15) is 0 Å². The lowest BCUT2D eigenvalue weighted by Gasteiger charge is -2.27. The predicted octanol–water partition coefficient (Wildman–Crippen LogP) is 3.00. The smallest absolute Gasteiger partial charge is 0.00893 e. The van der Waals surface area contributed by atoms with Crippen molar-refractivity contribution >= 4 is 0 Å². The van der Waals surface area contributed by atoms with Gasteiger partial charge in [-0.25, -0.2) is 0 Å². The fraction of sp³-hybridized carbons (Fsp3) is 0.800. The summed E-state index contributed by atoms with van der Waals surface area (Å²) in [5.74, 6) is 1.80. The molecule has 1 saturated carbocycles. The van der Waals surface area contributed by atoms with Crippen molar-refractivity contribution in [3.05, 3.63) is 12.2 Å². The first-order chi connectivity index (χ1) is 4.73. The van der Waals surface area contributed by atoms with Gasteiger partial charge in [-0.05, 0) is 36.5 Å². The molecular formula is C10H16. The van der Waals surface area contributed by atoms with E-state index in [1.807, 2.05) is 0 Å². The maximum Gasteiger partial charge on any atom is -0.00893 e. The molecule has 56 valence electrons. The van der Waals surface area contributed by atoms with E-state index in [1.54, 1.807) is 0 Å². The minimum atomic E-state index is 0.630. The van der Waals surface area contributed by atoms with Gasteiger partial charge < -0.3 is 0 Å². The van der Waals surface area contributed by atoms with Crippen LogP contribution in [0.15, 0.2) is 12.2 Å². The Morgan fingerprint density at radius 2 is 2.30 bits per heavy atom. The predicted molar refractivity (Wildman–Crippen MR) is 43.8 cm³/mol. The highest BCUT2D eigenvalue weighted by Crippen LogP contribution is 2.53. The van der Waals surface area contributed by atoms with E-state index in [2.05, 4.69) is 26.0 Å². The summed E-state index contributed by atoms with van der Waals surface area (Å²) in [6.07, 6.45) is 9.26. The molecule has 2 rings (SSSR count). The first kappa shape index (κ1) is 6.45. The molecule has 2 unspecified atom stereocenters. The van der Waals surface area contributed by atoms with Crippen LogP contribution in [0.2, 0.25) is 0 Å². The minimum absolute atomic E-state index is 0.630. The van der Waals surface area contributed by atoms with Gasteiger partial charge >= 0.3 is 0 Å². The second-order valence-electron chi connectivity index (χ2n) is 4.25. The second-order valence-corrected chi connectivity index (χ2v) is 4.25. The lowest BCUT2D eigenvalue weighted by Crippen LogP contribution is -2.18. The summed E-state index contributed by atoms with van der Waals surface area (Å²) in [6.45, 7) is 4.72. The van der Waals surface area contributed by atoms with Crippen molar-refractivity contribution in [1.82, 2.24) is 0 Å².